The predicted molar refractivity (Wildman–Crippen MR) is 115 cm³/mol. The SMILES string of the molecule is Cc1cnc(C(=O)c2cc[n+](O)c3[nH]ccc23)c(NS(=O)(=O)c2ccc(Cl)c(C(F)(F)F)c2)c1. The molecule has 8 nitrogen and oxygen atoms in total. The number of nitrogens with zero attached hydrogens (tertiary/aromatic N) is 2. The van der Waals surface area contributed by atoms with Gasteiger partial charge in [-0.25, -0.2) is 13.4 Å². The van der Waals surface area contributed by atoms with Crippen LogP contribution in [0.5, 0.6) is 0 Å². The highest BCUT2D eigenvalue weighted by molar-refractivity contribution is 7.92. The molecule has 0 spiro atoms. The van der Waals surface area contributed by atoms with Gasteiger partial charge in [-0.1, -0.05) is 16.3 Å². The number of carbonyl (C=O) groups excluding carboxylic acids is 1. The van der Waals surface area contributed by atoms with E-state index < -0.39 is 37.5 Å². The lowest BCUT2D eigenvalue weighted by atomic mass is 10.0. The Hall–Kier alpha value is -3.64. The minimum Gasteiger partial charge on any atom is -0.350 e. The smallest absolute Gasteiger partial charge is 0.350 e. The maximum atomic E-state index is 13.3. The zero-order valence-corrected chi connectivity index (χ0v) is 18.8. The van der Waals surface area contributed by atoms with Gasteiger partial charge in [0.25, 0.3) is 10.0 Å². The van der Waals surface area contributed by atoms with E-state index in [0.717, 1.165) is 16.9 Å². The van der Waals surface area contributed by atoms with Crippen molar-refractivity contribution in [3.63, 3.8) is 0 Å². The van der Waals surface area contributed by atoms with Crippen LogP contribution in [0.3, 0.4) is 0 Å². The summed E-state index contributed by atoms with van der Waals surface area (Å²) in [6, 6.07) is 6.37. The number of H-pyrrole nitrogens is 1. The van der Waals surface area contributed by atoms with E-state index in [0.29, 0.717) is 17.0 Å². The molecule has 0 radical (unpaired) electrons. The van der Waals surface area contributed by atoms with E-state index in [4.69, 9.17) is 11.6 Å². The monoisotopic (exact) mass is 511 g/mol. The van der Waals surface area contributed by atoms with Crippen LogP contribution in [0, 0.1) is 6.92 Å². The maximum absolute atomic E-state index is 13.3. The van der Waals surface area contributed by atoms with Gasteiger partial charge in [-0.15, -0.1) is 0 Å². The molecule has 13 heteroatoms. The number of alkyl halides is 3. The molecular weight excluding hydrogens is 497 g/mol. The maximum Gasteiger partial charge on any atom is 0.417 e. The Morgan fingerprint density at radius 2 is 1.94 bits per heavy atom. The van der Waals surface area contributed by atoms with Gasteiger partial charge in [0.05, 0.1) is 32.8 Å². The van der Waals surface area contributed by atoms with E-state index >= 15 is 0 Å². The van der Waals surface area contributed by atoms with Crippen LogP contribution in [0.15, 0.2) is 59.9 Å². The minimum atomic E-state index is -4.87. The molecule has 0 amide bonds. The number of rotatable bonds is 5. The molecule has 34 heavy (non-hydrogen) atoms. The van der Waals surface area contributed by atoms with Crippen molar-refractivity contribution in [1.29, 1.82) is 0 Å². The summed E-state index contributed by atoms with van der Waals surface area (Å²) in [4.78, 5) is 19.4. The number of benzene rings is 1. The third-order valence-electron chi connectivity index (χ3n) is 4.91. The summed E-state index contributed by atoms with van der Waals surface area (Å²) in [6.45, 7) is 1.60. The molecule has 4 rings (SSSR count). The summed E-state index contributed by atoms with van der Waals surface area (Å²) in [5.41, 5.74) is -0.984. The highest BCUT2D eigenvalue weighted by atomic mass is 35.5. The van der Waals surface area contributed by atoms with Crippen molar-refractivity contribution < 1.29 is 36.3 Å². The van der Waals surface area contributed by atoms with Crippen molar-refractivity contribution in [2.24, 2.45) is 0 Å². The second kappa shape index (κ2) is 8.29. The summed E-state index contributed by atoms with van der Waals surface area (Å²) >= 11 is 5.58. The predicted octanol–water partition coefficient (Wildman–Crippen LogP) is 4.10. The van der Waals surface area contributed by atoms with E-state index in [-0.39, 0.29) is 22.6 Å². The van der Waals surface area contributed by atoms with Gasteiger partial charge in [0.1, 0.15) is 11.9 Å². The highest BCUT2D eigenvalue weighted by Gasteiger charge is 2.35. The Bertz CT molecular complexity index is 1550. The number of anilines is 1. The van der Waals surface area contributed by atoms with Gasteiger partial charge in [-0.2, -0.15) is 13.2 Å². The molecule has 0 fully saturated rings. The normalized spacial score (nSPS) is 12.1. The molecular formula is C21H15ClF3N4O4S+. The van der Waals surface area contributed by atoms with Crippen LogP contribution in [-0.4, -0.2) is 29.4 Å². The Kier molecular flexibility index (Phi) is 5.74. The summed E-state index contributed by atoms with van der Waals surface area (Å²) in [6.07, 6.45) is -0.804. The molecule has 3 heterocycles. The molecule has 0 atom stereocenters. The van der Waals surface area contributed by atoms with Crippen molar-refractivity contribution in [3.05, 3.63) is 82.4 Å². The van der Waals surface area contributed by atoms with Crippen LogP contribution in [-0.2, 0) is 16.2 Å². The number of carbonyl (C=O) groups is 1. The second-order valence-corrected chi connectivity index (χ2v) is 9.39. The number of pyridine rings is 2. The molecule has 176 valence electrons. The number of hydrogen-bond donors (Lipinski definition) is 3. The van der Waals surface area contributed by atoms with Gasteiger partial charge in [-0.3, -0.25) is 14.5 Å². The fraction of sp³-hybridized carbons (Fsp3) is 0.0952. The Morgan fingerprint density at radius 1 is 1.21 bits per heavy atom. The van der Waals surface area contributed by atoms with Gasteiger partial charge in [0.2, 0.25) is 5.78 Å². The zero-order valence-electron chi connectivity index (χ0n) is 17.2. The number of sulfonamides is 1. The quantitative estimate of drug-likeness (QED) is 0.212. The zero-order chi connectivity index (χ0) is 24.8. The topological polar surface area (TPSA) is 116 Å². The van der Waals surface area contributed by atoms with Crippen molar-refractivity contribution in [1.82, 2.24) is 9.97 Å². The summed E-state index contributed by atoms with van der Waals surface area (Å²) < 4.78 is 68.4. The first-order valence-electron chi connectivity index (χ1n) is 9.50. The minimum absolute atomic E-state index is 0.115. The fourth-order valence-corrected chi connectivity index (χ4v) is 4.63. The standard InChI is InChI=1S/C21H14ClF3N4O4S/c1-11-8-17(28-34(32,33)12-2-3-16(22)15(9-12)21(23,24)25)18(27-10-11)19(30)13-5-7-29(31)20-14(13)4-6-26-20/h2-10,31H,1H3,(H,28,30)/p+1. The molecule has 0 bridgehead atoms. The lowest BCUT2D eigenvalue weighted by Crippen LogP contribution is -2.31. The molecule has 0 aliphatic rings. The van der Waals surface area contributed by atoms with E-state index in [2.05, 4.69) is 14.7 Å². The Labute approximate surface area is 195 Å². The van der Waals surface area contributed by atoms with Crippen molar-refractivity contribution >= 4 is 44.1 Å². The number of hydrogen-bond acceptors (Lipinski definition) is 5. The first-order valence-corrected chi connectivity index (χ1v) is 11.4. The number of nitrogens with one attached hydrogen (secondary N) is 2. The molecule has 3 aromatic heterocycles. The number of aromatic nitrogens is 3. The molecule has 0 unspecified atom stereocenters. The highest BCUT2D eigenvalue weighted by Crippen LogP contribution is 2.36. The number of fused-ring (bicyclic) bond motifs is 1. The summed E-state index contributed by atoms with van der Waals surface area (Å²) in [7, 11) is -4.56. The first-order chi connectivity index (χ1) is 15.9. The van der Waals surface area contributed by atoms with Crippen LogP contribution >= 0.6 is 11.6 Å². The lowest BCUT2D eigenvalue weighted by molar-refractivity contribution is -0.885. The number of aromatic amines is 1. The van der Waals surface area contributed by atoms with Crippen molar-refractivity contribution in [3.8, 4) is 0 Å². The van der Waals surface area contributed by atoms with E-state index in [1.165, 1.54) is 30.7 Å². The van der Waals surface area contributed by atoms with Crippen LogP contribution in [0.2, 0.25) is 5.02 Å². The molecule has 0 saturated heterocycles. The molecule has 3 N–H and O–H groups in total. The largest absolute Gasteiger partial charge is 0.417 e. The molecule has 1 aromatic carbocycles. The molecule has 0 aliphatic carbocycles. The Balaban J connectivity index is 1.78. The lowest BCUT2D eigenvalue weighted by Gasteiger charge is -2.14. The van der Waals surface area contributed by atoms with Gasteiger partial charge in [-0.05, 0) is 48.9 Å². The molecule has 0 aliphatic heterocycles. The van der Waals surface area contributed by atoms with Gasteiger partial charge in [0.15, 0.2) is 0 Å². The fourth-order valence-electron chi connectivity index (χ4n) is 3.32. The van der Waals surface area contributed by atoms with E-state index in [1.54, 1.807) is 13.0 Å². The van der Waals surface area contributed by atoms with E-state index in [1.807, 2.05) is 0 Å². The third-order valence-corrected chi connectivity index (χ3v) is 6.60. The van der Waals surface area contributed by atoms with Gasteiger partial charge in [0, 0.05) is 11.8 Å². The van der Waals surface area contributed by atoms with Crippen LogP contribution in [0.4, 0.5) is 18.9 Å². The summed E-state index contributed by atoms with van der Waals surface area (Å²) in [5.74, 6) is -0.671. The number of halogens is 4. The number of aryl methyl sites for hydroxylation is 1. The Morgan fingerprint density at radius 3 is 2.65 bits per heavy atom. The summed E-state index contributed by atoms with van der Waals surface area (Å²) in [5, 5.41) is 9.58. The van der Waals surface area contributed by atoms with E-state index in [9.17, 15) is 31.6 Å². The first kappa shape index (κ1) is 23.5. The van der Waals surface area contributed by atoms with Crippen molar-refractivity contribution in [2.75, 3.05) is 4.72 Å². The molecule has 4 aromatic rings. The molecule has 0 saturated carbocycles. The van der Waals surface area contributed by atoms with Crippen molar-refractivity contribution in [2.45, 2.75) is 18.0 Å². The van der Waals surface area contributed by atoms with Gasteiger partial charge >= 0.3 is 11.8 Å². The van der Waals surface area contributed by atoms with Crippen LogP contribution in [0.1, 0.15) is 27.2 Å². The van der Waals surface area contributed by atoms with Crippen LogP contribution < -0.4 is 9.45 Å². The van der Waals surface area contributed by atoms with Gasteiger partial charge < -0.3 is 5.21 Å². The average molecular weight is 512 g/mol. The third kappa shape index (κ3) is 4.29. The van der Waals surface area contributed by atoms with Crippen LogP contribution in [0.25, 0.3) is 11.0 Å². The number of ketones is 1. The average Bonchev–Trinajstić information content (AvgIpc) is 3.23. The second-order valence-electron chi connectivity index (χ2n) is 7.30.